The van der Waals surface area contributed by atoms with Crippen molar-refractivity contribution in [3.8, 4) is 22.5 Å². The molecule has 3 aromatic carbocycles. The lowest BCUT2D eigenvalue weighted by molar-refractivity contribution is -0.143. The van der Waals surface area contributed by atoms with E-state index in [1.807, 2.05) is 36.4 Å². The normalized spacial score (nSPS) is 11.6. The zero-order chi connectivity index (χ0) is 28.3. The molecule has 0 amide bonds. The molecular weight excluding hydrogens is 521 g/mol. The molecule has 0 unspecified atom stereocenters. The summed E-state index contributed by atoms with van der Waals surface area (Å²) >= 11 is 0. The van der Waals surface area contributed by atoms with Gasteiger partial charge in [0.2, 0.25) is 11.7 Å². The van der Waals surface area contributed by atoms with Crippen LogP contribution in [0.25, 0.3) is 22.5 Å². The van der Waals surface area contributed by atoms with Crippen molar-refractivity contribution in [2.75, 3.05) is 0 Å². The van der Waals surface area contributed by atoms with Gasteiger partial charge in [0.05, 0.1) is 18.7 Å². The molecule has 0 aliphatic rings. The van der Waals surface area contributed by atoms with Crippen molar-refractivity contribution in [1.29, 1.82) is 0 Å². The number of imidazole rings is 1. The molecule has 1 N–H and O–H groups in total. The molecule has 0 fully saturated rings. The predicted molar refractivity (Wildman–Crippen MR) is 143 cm³/mol. The highest BCUT2D eigenvalue weighted by Gasteiger charge is 2.42. The van der Waals surface area contributed by atoms with Crippen molar-refractivity contribution >= 4 is 5.91 Å². The van der Waals surface area contributed by atoms with Gasteiger partial charge >= 0.3 is 11.9 Å². The van der Waals surface area contributed by atoms with Gasteiger partial charge in [-0.2, -0.15) is 18.4 Å². The molecule has 0 saturated carbocycles. The third-order valence-corrected chi connectivity index (χ3v) is 6.57. The van der Waals surface area contributed by atoms with E-state index in [0.29, 0.717) is 27.9 Å². The summed E-state index contributed by atoms with van der Waals surface area (Å²) in [5.41, 5.74) is 1.17. The number of hydrogen-bond acceptors (Lipinski definition) is 5. The number of aromatic nitrogens is 6. The molecule has 0 atom stereocenters. The van der Waals surface area contributed by atoms with Crippen LogP contribution in [0, 0.1) is 0 Å². The number of H-pyrrole nitrogens is 1. The van der Waals surface area contributed by atoms with E-state index in [2.05, 4.69) is 20.6 Å². The van der Waals surface area contributed by atoms with E-state index >= 15 is 0 Å². The third kappa shape index (κ3) is 5.35. The summed E-state index contributed by atoms with van der Waals surface area (Å²) in [7, 11) is 0. The molecule has 0 spiro atoms. The second-order valence-electron chi connectivity index (χ2n) is 9.28. The van der Waals surface area contributed by atoms with Gasteiger partial charge in [-0.3, -0.25) is 9.36 Å². The van der Waals surface area contributed by atoms with Crippen molar-refractivity contribution in [3.05, 3.63) is 112 Å². The third-order valence-electron chi connectivity index (χ3n) is 6.57. The van der Waals surface area contributed by atoms with Gasteiger partial charge in [0.25, 0.3) is 0 Å². The second-order valence-corrected chi connectivity index (χ2v) is 9.28. The standard InChI is InChI=1S/C29H25F3N6O2/c1-2-8-24-26(29(30,31)32)38(25(39)17-19-9-4-3-5-10-19)28(40)37(24)18-20-13-15-21(16-14-20)22-11-6-7-12-23(22)27-33-35-36-34-27/h3-7,9-16H,2,8,17-18H2,1H3,(H,33,34,35,36). The number of hydrogen-bond donors (Lipinski definition) is 1. The van der Waals surface area contributed by atoms with Gasteiger partial charge in [0, 0.05) is 5.56 Å². The maximum Gasteiger partial charge on any atom is 0.433 e. The molecular formula is C29H25F3N6O2. The maximum atomic E-state index is 14.3. The van der Waals surface area contributed by atoms with Crippen molar-refractivity contribution in [2.45, 2.75) is 38.9 Å². The molecule has 204 valence electrons. The Morgan fingerprint density at radius 3 is 2.20 bits per heavy atom. The van der Waals surface area contributed by atoms with Gasteiger partial charge in [0.1, 0.15) is 0 Å². The Morgan fingerprint density at radius 2 is 1.57 bits per heavy atom. The zero-order valence-electron chi connectivity index (χ0n) is 21.5. The first kappa shape index (κ1) is 26.8. The molecule has 11 heteroatoms. The summed E-state index contributed by atoms with van der Waals surface area (Å²) in [5, 5.41) is 14.1. The molecule has 0 saturated heterocycles. The summed E-state index contributed by atoms with van der Waals surface area (Å²) in [6.07, 6.45) is -4.85. The first-order valence-electron chi connectivity index (χ1n) is 12.7. The molecule has 0 bridgehead atoms. The first-order chi connectivity index (χ1) is 19.3. The largest absolute Gasteiger partial charge is 0.433 e. The van der Waals surface area contributed by atoms with E-state index in [9.17, 15) is 22.8 Å². The smallest absolute Gasteiger partial charge is 0.291 e. The molecule has 2 aromatic heterocycles. The fourth-order valence-electron chi connectivity index (χ4n) is 4.79. The van der Waals surface area contributed by atoms with E-state index in [1.165, 1.54) is 0 Å². The number of nitrogens with one attached hydrogen (secondary N) is 1. The van der Waals surface area contributed by atoms with Crippen molar-refractivity contribution in [3.63, 3.8) is 0 Å². The Kier molecular flexibility index (Phi) is 7.45. The Hall–Kier alpha value is -4.80. The van der Waals surface area contributed by atoms with E-state index in [-0.39, 0.29) is 25.1 Å². The average molecular weight is 547 g/mol. The monoisotopic (exact) mass is 546 g/mol. The number of rotatable bonds is 8. The van der Waals surface area contributed by atoms with Crippen molar-refractivity contribution in [1.82, 2.24) is 29.8 Å². The summed E-state index contributed by atoms with van der Waals surface area (Å²) in [4.78, 5) is 26.5. The van der Waals surface area contributed by atoms with Crippen LogP contribution in [0.15, 0.2) is 83.7 Å². The predicted octanol–water partition coefficient (Wildman–Crippen LogP) is 5.40. The van der Waals surface area contributed by atoms with Gasteiger partial charge in [-0.15, -0.1) is 10.2 Å². The number of alkyl halides is 3. The van der Waals surface area contributed by atoms with Crippen molar-refractivity contribution in [2.24, 2.45) is 0 Å². The molecule has 0 radical (unpaired) electrons. The molecule has 0 aliphatic heterocycles. The number of tetrazole rings is 1. The van der Waals surface area contributed by atoms with Gasteiger partial charge in [-0.1, -0.05) is 92.2 Å². The van der Waals surface area contributed by atoms with E-state index < -0.39 is 23.5 Å². The van der Waals surface area contributed by atoms with Gasteiger partial charge in [-0.25, -0.2) is 9.36 Å². The number of benzene rings is 3. The number of nitrogens with zero attached hydrogens (tertiary/aromatic N) is 5. The Bertz CT molecular complexity index is 1670. The highest BCUT2D eigenvalue weighted by molar-refractivity contribution is 5.82. The lowest BCUT2D eigenvalue weighted by atomic mass is 9.98. The van der Waals surface area contributed by atoms with Gasteiger partial charge in [0.15, 0.2) is 5.69 Å². The number of aromatic amines is 1. The summed E-state index contributed by atoms with van der Waals surface area (Å²) < 4.78 is 44.3. The Balaban J connectivity index is 1.52. The van der Waals surface area contributed by atoms with Crippen LogP contribution in [0.4, 0.5) is 13.2 Å². The van der Waals surface area contributed by atoms with Gasteiger partial charge in [-0.05, 0) is 33.9 Å². The van der Waals surface area contributed by atoms with Crippen LogP contribution >= 0.6 is 0 Å². The highest BCUT2D eigenvalue weighted by atomic mass is 19.4. The van der Waals surface area contributed by atoms with Crippen LogP contribution in [-0.4, -0.2) is 35.7 Å². The Labute approximate surface area is 227 Å². The number of halogens is 3. The minimum absolute atomic E-state index is 0.00808. The molecule has 2 heterocycles. The molecule has 8 nitrogen and oxygen atoms in total. The van der Waals surface area contributed by atoms with Crippen LogP contribution < -0.4 is 5.69 Å². The van der Waals surface area contributed by atoms with Crippen LogP contribution in [0.2, 0.25) is 0 Å². The minimum Gasteiger partial charge on any atom is -0.291 e. The van der Waals surface area contributed by atoms with E-state index in [0.717, 1.165) is 21.3 Å². The maximum absolute atomic E-state index is 14.3. The van der Waals surface area contributed by atoms with Gasteiger partial charge < -0.3 is 0 Å². The summed E-state index contributed by atoms with van der Waals surface area (Å²) in [6, 6.07) is 23.0. The molecule has 5 aromatic rings. The van der Waals surface area contributed by atoms with E-state index in [1.54, 1.807) is 49.4 Å². The topological polar surface area (TPSA) is 98.5 Å². The zero-order valence-corrected chi connectivity index (χ0v) is 21.5. The minimum atomic E-state index is -4.88. The first-order valence-corrected chi connectivity index (χ1v) is 12.7. The molecule has 5 rings (SSSR count). The molecule has 40 heavy (non-hydrogen) atoms. The van der Waals surface area contributed by atoms with E-state index in [4.69, 9.17) is 0 Å². The number of carbonyl (C=O) groups is 1. The average Bonchev–Trinajstić information content (AvgIpc) is 3.57. The summed E-state index contributed by atoms with van der Waals surface area (Å²) in [6.45, 7) is 1.61. The van der Waals surface area contributed by atoms with Crippen LogP contribution in [0.3, 0.4) is 0 Å². The fraction of sp³-hybridized carbons (Fsp3) is 0.207. The van der Waals surface area contributed by atoms with Crippen molar-refractivity contribution < 1.29 is 18.0 Å². The fourth-order valence-corrected chi connectivity index (χ4v) is 4.79. The SMILES string of the molecule is CCCc1c(C(F)(F)F)n(C(=O)Cc2ccccc2)c(=O)n1Cc1ccc(-c2ccccc2-c2nn[nH]n2)cc1. The summed E-state index contributed by atoms with van der Waals surface area (Å²) in [5.74, 6) is -0.496. The van der Waals surface area contributed by atoms with Crippen LogP contribution in [0.1, 0.15) is 40.7 Å². The second kappa shape index (κ2) is 11.1. The Morgan fingerprint density at radius 1 is 0.900 bits per heavy atom. The highest BCUT2D eigenvalue weighted by Crippen LogP contribution is 2.33. The lowest BCUT2D eigenvalue weighted by Gasteiger charge is -2.13. The quantitative estimate of drug-likeness (QED) is 0.281. The van der Waals surface area contributed by atoms with Crippen LogP contribution in [-0.2, 0) is 25.6 Å². The molecule has 0 aliphatic carbocycles. The van der Waals surface area contributed by atoms with Crippen LogP contribution in [0.5, 0.6) is 0 Å². The number of carbonyl (C=O) groups excluding carboxylic acids is 1. The lowest BCUT2D eigenvalue weighted by Crippen LogP contribution is -2.33.